The molecule has 0 fully saturated rings. The lowest BCUT2D eigenvalue weighted by molar-refractivity contribution is 0.0693. The number of carboxylic acids is 1. The van der Waals surface area contributed by atoms with Gasteiger partial charge < -0.3 is 14.6 Å². The molecule has 0 aromatic heterocycles. The Morgan fingerprint density at radius 3 is 2.44 bits per heavy atom. The van der Waals surface area contributed by atoms with Crippen LogP contribution in [0, 0.1) is 0 Å². The van der Waals surface area contributed by atoms with Gasteiger partial charge in [-0.3, -0.25) is 0 Å². The Morgan fingerprint density at radius 2 is 2.00 bits per heavy atom. The first-order chi connectivity index (χ1) is 7.63. The van der Waals surface area contributed by atoms with Crippen LogP contribution in [0.5, 0.6) is 11.5 Å². The molecule has 4 heteroatoms. The maximum Gasteiger partial charge on any atom is 0.339 e. The van der Waals surface area contributed by atoms with E-state index in [1.807, 2.05) is 0 Å². The van der Waals surface area contributed by atoms with Crippen molar-refractivity contribution in [1.29, 1.82) is 0 Å². The summed E-state index contributed by atoms with van der Waals surface area (Å²) in [4.78, 5) is 11.0. The molecule has 86 valence electrons. The van der Waals surface area contributed by atoms with Crippen molar-refractivity contribution < 1.29 is 19.4 Å². The molecule has 0 unspecified atom stereocenters. The number of hydrogen-bond acceptors (Lipinski definition) is 3. The molecule has 0 saturated heterocycles. The number of carboxylic acid groups (broad SMARTS) is 1. The fraction of sp³-hybridized carbons (Fsp3) is 0.250. The fourth-order valence-corrected chi connectivity index (χ4v) is 1.45. The lowest BCUT2D eigenvalue weighted by Crippen LogP contribution is -2.03. The van der Waals surface area contributed by atoms with E-state index in [-0.39, 0.29) is 11.3 Å². The van der Waals surface area contributed by atoms with E-state index in [0.717, 1.165) is 5.56 Å². The fourth-order valence-electron chi connectivity index (χ4n) is 1.45. The van der Waals surface area contributed by atoms with Crippen molar-refractivity contribution in [1.82, 2.24) is 0 Å². The zero-order chi connectivity index (χ0) is 12.1. The maximum absolute atomic E-state index is 11.0. The molecular weight excluding hydrogens is 208 g/mol. The highest BCUT2D eigenvalue weighted by molar-refractivity contribution is 5.91. The van der Waals surface area contributed by atoms with Crippen LogP contribution in [-0.4, -0.2) is 25.3 Å². The quantitative estimate of drug-likeness (QED) is 0.775. The summed E-state index contributed by atoms with van der Waals surface area (Å²) >= 11 is 0. The molecule has 0 heterocycles. The van der Waals surface area contributed by atoms with Crippen LogP contribution in [-0.2, 0) is 6.42 Å². The number of rotatable bonds is 5. The summed E-state index contributed by atoms with van der Waals surface area (Å²) in [5.74, 6) is -0.135. The van der Waals surface area contributed by atoms with E-state index in [9.17, 15) is 4.79 Å². The first kappa shape index (κ1) is 12.1. The number of carbonyl (C=O) groups is 1. The SMILES string of the molecule is C=CCc1cc(C(=O)O)c(OC)cc1OC. The minimum Gasteiger partial charge on any atom is -0.496 e. The molecule has 4 nitrogen and oxygen atoms in total. The Kier molecular flexibility index (Phi) is 3.94. The van der Waals surface area contributed by atoms with Crippen LogP contribution in [0.4, 0.5) is 0 Å². The van der Waals surface area contributed by atoms with Gasteiger partial charge in [-0.2, -0.15) is 0 Å². The smallest absolute Gasteiger partial charge is 0.339 e. The molecule has 1 N–H and O–H groups in total. The molecule has 0 saturated carbocycles. The maximum atomic E-state index is 11.0. The second-order valence-corrected chi connectivity index (χ2v) is 3.16. The van der Waals surface area contributed by atoms with E-state index in [4.69, 9.17) is 14.6 Å². The molecule has 0 spiro atoms. The zero-order valence-corrected chi connectivity index (χ0v) is 9.32. The Labute approximate surface area is 94.1 Å². The predicted octanol–water partition coefficient (Wildman–Crippen LogP) is 2.13. The average molecular weight is 222 g/mol. The zero-order valence-electron chi connectivity index (χ0n) is 9.32. The molecule has 0 radical (unpaired) electrons. The molecular formula is C12H14O4. The summed E-state index contributed by atoms with van der Waals surface area (Å²) in [6, 6.07) is 3.12. The van der Waals surface area contributed by atoms with E-state index < -0.39 is 5.97 Å². The standard InChI is InChI=1S/C12H14O4/c1-4-5-8-6-9(12(13)14)11(16-3)7-10(8)15-2/h4,6-7H,1,5H2,2-3H3,(H,13,14). The van der Waals surface area contributed by atoms with Gasteiger partial charge in [-0.1, -0.05) is 6.08 Å². The lowest BCUT2D eigenvalue weighted by Gasteiger charge is -2.11. The number of benzene rings is 1. The van der Waals surface area contributed by atoms with Crippen LogP contribution in [0.1, 0.15) is 15.9 Å². The van der Waals surface area contributed by atoms with Gasteiger partial charge >= 0.3 is 5.97 Å². The Morgan fingerprint density at radius 1 is 1.38 bits per heavy atom. The molecule has 0 aliphatic carbocycles. The van der Waals surface area contributed by atoms with E-state index >= 15 is 0 Å². The topological polar surface area (TPSA) is 55.8 Å². The number of ether oxygens (including phenoxy) is 2. The van der Waals surface area contributed by atoms with Crippen LogP contribution in [0.3, 0.4) is 0 Å². The largest absolute Gasteiger partial charge is 0.496 e. The van der Waals surface area contributed by atoms with Crippen molar-refractivity contribution >= 4 is 5.97 Å². The predicted molar refractivity (Wildman–Crippen MR) is 60.4 cm³/mol. The highest BCUT2D eigenvalue weighted by atomic mass is 16.5. The highest BCUT2D eigenvalue weighted by Gasteiger charge is 2.15. The molecule has 1 aromatic rings. The minimum absolute atomic E-state index is 0.125. The van der Waals surface area contributed by atoms with Gasteiger partial charge in [-0.25, -0.2) is 4.79 Å². The number of hydrogen-bond donors (Lipinski definition) is 1. The normalized spacial score (nSPS) is 9.62. The lowest BCUT2D eigenvalue weighted by atomic mass is 10.1. The van der Waals surface area contributed by atoms with Gasteiger partial charge in [0.2, 0.25) is 0 Å². The number of aromatic carboxylic acids is 1. The Balaban J connectivity index is 3.33. The van der Waals surface area contributed by atoms with Gasteiger partial charge in [0, 0.05) is 6.07 Å². The number of methoxy groups -OCH3 is 2. The van der Waals surface area contributed by atoms with Crippen molar-refractivity contribution in [2.75, 3.05) is 14.2 Å². The van der Waals surface area contributed by atoms with Gasteiger partial charge in [0.25, 0.3) is 0 Å². The van der Waals surface area contributed by atoms with Crippen LogP contribution < -0.4 is 9.47 Å². The number of allylic oxidation sites excluding steroid dienone is 1. The third kappa shape index (κ3) is 2.34. The van der Waals surface area contributed by atoms with Crippen LogP contribution >= 0.6 is 0 Å². The summed E-state index contributed by atoms with van der Waals surface area (Å²) < 4.78 is 10.2. The second-order valence-electron chi connectivity index (χ2n) is 3.16. The monoisotopic (exact) mass is 222 g/mol. The van der Waals surface area contributed by atoms with Crippen molar-refractivity contribution in [2.45, 2.75) is 6.42 Å². The molecule has 16 heavy (non-hydrogen) atoms. The summed E-state index contributed by atoms with van der Waals surface area (Å²) in [5, 5.41) is 9.01. The van der Waals surface area contributed by atoms with Crippen LogP contribution in [0.2, 0.25) is 0 Å². The summed E-state index contributed by atoms with van der Waals surface area (Å²) in [6.45, 7) is 3.61. The average Bonchev–Trinajstić information content (AvgIpc) is 2.28. The summed E-state index contributed by atoms with van der Waals surface area (Å²) in [7, 11) is 2.95. The van der Waals surface area contributed by atoms with Crippen molar-refractivity contribution in [3.8, 4) is 11.5 Å². The summed E-state index contributed by atoms with van der Waals surface area (Å²) in [5.41, 5.74) is 0.899. The molecule has 0 aliphatic heterocycles. The third-order valence-electron chi connectivity index (χ3n) is 2.20. The van der Waals surface area contributed by atoms with Gasteiger partial charge in [0.15, 0.2) is 0 Å². The molecule has 1 rings (SSSR count). The van der Waals surface area contributed by atoms with E-state index in [0.29, 0.717) is 12.2 Å². The molecule has 0 bridgehead atoms. The summed E-state index contributed by atoms with van der Waals surface area (Å²) in [6.07, 6.45) is 2.24. The third-order valence-corrected chi connectivity index (χ3v) is 2.20. The van der Waals surface area contributed by atoms with Gasteiger partial charge in [0.1, 0.15) is 17.1 Å². The van der Waals surface area contributed by atoms with Crippen molar-refractivity contribution in [2.24, 2.45) is 0 Å². The van der Waals surface area contributed by atoms with Gasteiger partial charge in [0.05, 0.1) is 14.2 Å². The molecule has 0 amide bonds. The first-order valence-electron chi connectivity index (χ1n) is 4.73. The minimum atomic E-state index is -1.02. The van der Waals surface area contributed by atoms with Crippen LogP contribution in [0.15, 0.2) is 24.8 Å². The van der Waals surface area contributed by atoms with Crippen LogP contribution in [0.25, 0.3) is 0 Å². The Hall–Kier alpha value is -1.97. The molecule has 0 atom stereocenters. The van der Waals surface area contributed by atoms with Gasteiger partial charge in [-0.15, -0.1) is 6.58 Å². The first-order valence-corrected chi connectivity index (χ1v) is 4.73. The van der Waals surface area contributed by atoms with E-state index in [1.54, 1.807) is 18.2 Å². The van der Waals surface area contributed by atoms with Gasteiger partial charge in [-0.05, 0) is 18.1 Å². The Bertz CT molecular complexity index is 410. The molecule has 1 aromatic carbocycles. The van der Waals surface area contributed by atoms with E-state index in [2.05, 4.69) is 6.58 Å². The highest BCUT2D eigenvalue weighted by Crippen LogP contribution is 2.29. The van der Waals surface area contributed by atoms with Crippen molar-refractivity contribution in [3.63, 3.8) is 0 Å². The second kappa shape index (κ2) is 5.21. The van der Waals surface area contributed by atoms with E-state index in [1.165, 1.54) is 14.2 Å². The molecule has 0 aliphatic rings. The van der Waals surface area contributed by atoms with Crippen molar-refractivity contribution in [3.05, 3.63) is 35.9 Å².